The fraction of sp³-hybridized carbons (Fsp3) is 0.743. The van der Waals surface area contributed by atoms with E-state index in [-0.39, 0.29) is 5.57 Å². The first kappa shape index (κ1) is 32.3. The summed E-state index contributed by atoms with van der Waals surface area (Å²) in [7, 11) is 0. The Hall–Kier alpha value is -1.69. The van der Waals surface area contributed by atoms with Gasteiger partial charge in [-0.25, -0.2) is 0 Å². The van der Waals surface area contributed by atoms with Crippen LogP contribution in [0.3, 0.4) is 0 Å². The number of rotatable bonds is 13. The lowest BCUT2D eigenvalue weighted by Crippen LogP contribution is -2.76. The number of Topliss-reactive ketones (excluding diaryl/α,β-unsaturated/α-hetero) is 1. The van der Waals surface area contributed by atoms with Crippen molar-refractivity contribution in [3.8, 4) is 0 Å². The molecule has 0 spiro atoms. The van der Waals surface area contributed by atoms with Gasteiger partial charge >= 0.3 is 5.97 Å². The minimum absolute atomic E-state index is 0.270. The molecule has 0 aromatic rings. The average Bonchev–Trinajstić information content (AvgIpc) is 3.62. The number of carbonyl (C=O) groups is 1. The second kappa shape index (κ2) is 11.2. The third kappa shape index (κ3) is 4.16. The van der Waals surface area contributed by atoms with Crippen LogP contribution in [0.2, 0.25) is 0 Å². The Bertz CT molecular complexity index is 1260. The highest BCUT2D eigenvalue weighted by molar-refractivity contribution is 6.05. The van der Waals surface area contributed by atoms with Crippen molar-refractivity contribution >= 4 is 5.78 Å². The van der Waals surface area contributed by atoms with Crippen LogP contribution in [0.25, 0.3) is 0 Å². The Kier molecular flexibility index (Phi) is 8.23. The first-order valence-electron chi connectivity index (χ1n) is 16.6. The van der Waals surface area contributed by atoms with Gasteiger partial charge in [-0.15, -0.1) is 0 Å². The van der Waals surface area contributed by atoms with Crippen molar-refractivity contribution in [2.75, 3.05) is 6.61 Å². The summed E-state index contributed by atoms with van der Waals surface area (Å²) in [6.45, 7) is 11.0. The van der Waals surface area contributed by atoms with Crippen LogP contribution in [0.4, 0.5) is 0 Å². The highest BCUT2D eigenvalue weighted by Crippen LogP contribution is 2.72. The molecule has 3 heterocycles. The van der Waals surface area contributed by atoms with Crippen molar-refractivity contribution in [1.82, 2.24) is 0 Å². The molecule has 9 nitrogen and oxygen atoms in total. The van der Waals surface area contributed by atoms with Gasteiger partial charge in [-0.2, -0.15) is 0 Å². The fourth-order valence-corrected chi connectivity index (χ4v) is 9.21. The van der Waals surface area contributed by atoms with Crippen molar-refractivity contribution in [2.24, 2.45) is 17.8 Å². The maximum Gasteiger partial charge on any atom is 0.306 e. The van der Waals surface area contributed by atoms with Crippen LogP contribution in [-0.2, 0) is 23.7 Å². The van der Waals surface area contributed by atoms with E-state index in [1.807, 2.05) is 6.08 Å². The predicted molar refractivity (Wildman–Crippen MR) is 162 cm³/mol. The Morgan fingerprint density at radius 1 is 1.02 bits per heavy atom. The first-order valence-corrected chi connectivity index (χ1v) is 16.6. The predicted octanol–water partition coefficient (Wildman–Crippen LogP) is 3.79. The minimum Gasteiger partial charge on any atom is -0.393 e. The standard InChI is InChI=1S/C35H50O9/c1-6-7-8-9-10-11-12-13-14-15-16-17-18-32-42-29-25-28-31(20-36,41-28)30(39)33(40)24(19-22(4)26(33)37)35(25,44-32)23(5)27(38)34(29,43-32)21(2)3/h15-19,23-25,27-30,36,38-40H,2,6-14,20H2,1,3-5H3/b16-15+,18-17+/t23-,24-,25+,27-,28+,29-,30-,31+,32?,33-,34+,35+/m1/s1. The molecule has 2 saturated carbocycles. The van der Waals surface area contributed by atoms with E-state index >= 15 is 0 Å². The zero-order chi connectivity index (χ0) is 31.7. The van der Waals surface area contributed by atoms with Crippen LogP contribution in [0.1, 0.15) is 85.5 Å². The number of unbranched alkanes of at least 4 members (excludes halogenated alkanes) is 8. The lowest BCUT2D eigenvalue weighted by atomic mass is 9.53. The zero-order valence-corrected chi connectivity index (χ0v) is 26.5. The SMILES string of the molecule is C=C(C)[C@@]12OC3(/C=C/C=C/CCCCCCCCCC)O[C@@H]1[C@@H]1[C@@H]4O[C@]4(CO)[C@@H](O)[C@]4(O)C(=O)C(C)=C[C@H]4[C@@]1(O3)[C@H](C)[C@H]2O. The Balaban J connectivity index is 1.30. The van der Waals surface area contributed by atoms with Crippen molar-refractivity contribution in [2.45, 2.75) is 138 Å². The molecule has 1 unspecified atom stereocenters. The number of ketones is 1. The average molecular weight is 615 g/mol. The van der Waals surface area contributed by atoms with Gasteiger partial charge in [0.05, 0.1) is 18.3 Å². The number of hydrogen-bond acceptors (Lipinski definition) is 9. The van der Waals surface area contributed by atoms with Crippen molar-refractivity contribution in [3.05, 3.63) is 48.1 Å². The number of aliphatic hydroxyl groups is 4. The van der Waals surface area contributed by atoms with E-state index in [9.17, 15) is 25.2 Å². The first-order chi connectivity index (χ1) is 20.9. The summed E-state index contributed by atoms with van der Waals surface area (Å²) in [5.74, 6) is -4.89. The Morgan fingerprint density at radius 2 is 1.70 bits per heavy atom. The van der Waals surface area contributed by atoms with Gasteiger partial charge < -0.3 is 39.4 Å². The topological polar surface area (TPSA) is 138 Å². The van der Waals surface area contributed by atoms with E-state index < -0.39 is 82.9 Å². The van der Waals surface area contributed by atoms with Crippen molar-refractivity contribution in [1.29, 1.82) is 0 Å². The number of epoxide rings is 1. The molecule has 4 N–H and O–H groups in total. The van der Waals surface area contributed by atoms with Gasteiger partial charge in [0.25, 0.3) is 0 Å². The lowest BCUT2D eigenvalue weighted by molar-refractivity contribution is -0.407. The van der Waals surface area contributed by atoms with E-state index in [1.54, 1.807) is 39.0 Å². The lowest BCUT2D eigenvalue weighted by Gasteiger charge is -2.60. The highest BCUT2D eigenvalue weighted by Gasteiger charge is 2.89. The molecular weight excluding hydrogens is 564 g/mol. The van der Waals surface area contributed by atoms with Crippen LogP contribution >= 0.6 is 0 Å². The number of carbonyl (C=O) groups excluding carboxylic acids is 1. The molecule has 0 aromatic heterocycles. The Morgan fingerprint density at radius 3 is 2.36 bits per heavy atom. The van der Waals surface area contributed by atoms with Gasteiger partial charge in [-0.3, -0.25) is 4.79 Å². The molecule has 0 amide bonds. The summed E-state index contributed by atoms with van der Waals surface area (Å²) in [6, 6.07) is 0. The molecule has 3 aliphatic heterocycles. The Labute approximate surface area is 260 Å². The van der Waals surface area contributed by atoms with E-state index in [0.717, 1.165) is 12.8 Å². The molecular formula is C35H50O9. The second-order valence-corrected chi connectivity index (χ2v) is 14.1. The van der Waals surface area contributed by atoms with Crippen LogP contribution in [0.5, 0.6) is 0 Å². The molecule has 44 heavy (non-hydrogen) atoms. The fourth-order valence-electron chi connectivity index (χ4n) is 9.21. The van der Waals surface area contributed by atoms with Crippen LogP contribution in [0, 0.1) is 17.8 Å². The molecule has 5 fully saturated rings. The van der Waals surface area contributed by atoms with Crippen LogP contribution in [0.15, 0.2) is 48.1 Å². The molecule has 3 aliphatic carbocycles. The van der Waals surface area contributed by atoms with Crippen LogP contribution in [-0.4, -0.2) is 85.6 Å². The van der Waals surface area contributed by atoms with E-state index in [4.69, 9.17) is 18.9 Å². The number of fused-ring (bicyclic) bond motifs is 3. The van der Waals surface area contributed by atoms with E-state index in [0.29, 0.717) is 5.57 Å². The second-order valence-electron chi connectivity index (χ2n) is 14.1. The quantitative estimate of drug-likeness (QED) is 0.106. The van der Waals surface area contributed by atoms with Gasteiger partial charge in [0.1, 0.15) is 29.5 Å². The molecule has 12 atom stereocenters. The van der Waals surface area contributed by atoms with Gasteiger partial charge in [0.2, 0.25) is 0 Å². The number of ether oxygens (including phenoxy) is 4. The van der Waals surface area contributed by atoms with E-state index in [1.165, 1.54) is 44.9 Å². The largest absolute Gasteiger partial charge is 0.393 e. The molecule has 0 aromatic carbocycles. The summed E-state index contributed by atoms with van der Waals surface area (Å²) < 4.78 is 26.2. The number of aliphatic hydroxyl groups excluding tert-OH is 3. The molecule has 3 saturated heterocycles. The number of allylic oxidation sites excluding steroid dienone is 3. The van der Waals surface area contributed by atoms with Crippen molar-refractivity contribution in [3.63, 3.8) is 0 Å². The van der Waals surface area contributed by atoms with Gasteiger partial charge in [-0.1, -0.05) is 89.7 Å². The third-order valence-electron chi connectivity index (χ3n) is 11.6. The third-order valence-corrected chi connectivity index (χ3v) is 11.6. The van der Waals surface area contributed by atoms with Gasteiger partial charge in [0, 0.05) is 23.8 Å². The molecule has 244 valence electrons. The summed E-state index contributed by atoms with van der Waals surface area (Å²) in [5, 5.41) is 46.2. The molecule has 0 radical (unpaired) electrons. The van der Waals surface area contributed by atoms with Crippen molar-refractivity contribution < 1.29 is 44.2 Å². The molecule has 6 rings (SSSR count). The maximum atomic E-state index is 13.6. The molecule has 3 bridgehead atoms. The van der Waals surface area contributed by atoms with Gasteiger partial charge in [-0.05, 0) is 37.8 Å². The van der Waals surface area contributed by atoms with Crippen LogP contribution < -0.4 is 0 Å². The minimum atomic E-state index is -2.34. The summed E-state index contributed by atoms with van der Waals surface area (Å²) >= 11 is 0. The summed E-state index contributed by atoms with van der Waals surface area (Å²) in [5.41, 5.74) is -5.98. The molecule has 6 aliphatic rings. The summed E-state index contributed by atoms with van der Waals surface area (Å²) in [6.07, 6.45) is 15.5. The zero-order valence-electron chi connectivity index (χ0n) is 26.5. The maximum absolute atomic E-state index is 13.6. The monoisotopic (exact) mass is 614 g/mol. The highest BCUT2D eigenvalue weighted by atomic mass is 16.9. The summed E-state index contributed by atoms with van der Waals surface area (Å²) in [4.78, 5) is 13.6. The number of hydrogen-bond donors (Lipinski definition) is 4. The smallest absolute Gasteiger partial charge is 0.306 e. The molecule has 9 heteroatoms. The normalized spacial score (nSPS) is 48.4. The van der Waals surface area contributed by atoms with Gasteiger partial charge in [0.15, 0.2) is 11.4 Å². The van der Waals surface area contributed by atoms with E-state index in [2.05, 4.69) is 19.6 Å².